The highest BCUT2D eigenvalue weighted by Gasteiger charge is 2.21. The van der Waals surface area contributed by atoms with Crippen molar-refractivity contribution >= 4 is 17.7 Å². The van der Waals surface area contributed by atoms with Gasteiger partial charge in [-0.2, -0.15) is 4.98 Å². The lowest BCUT2D eigenvalue weighted by Gasteiger charge is -2.24. The Morgan fingerprint density at radius 2 is 2.20 bits per heavy atom. The van der Waals surface area contributed by atoms with Gasteiger partial charge < -0.3 is 10.0 Å². The van der Waals surface area contributed by atoms with Gasteiger partial charge >= 0.3 is 5.97 Å². The normalized spacial score (nSPS) is 10.9. The highest BCUT2D eigenvalue weighted by atomic mass is 16.4. The number of rotatable bonds is 5. The van der Waals surface area contributed by atoms with E-state index in [4.69, 9.17) is 5.11 Å². The molecule has 2 aromatic rings. The number of amides is 1. The zero-order valence-corrected chi connectivity index (χ0v) is 11.2. The summed E-state index contributed by atoms with van der Waals surface area (Å²) in [7, 11) is 0. The molecule has 2 aromatic heterocycles. The zero-order valence-electron chi connectivity index (χ0n) is 11.2. The van der Waals surface area contributed by atoms with Crippen molar-refractivity contribution < 1.29 is 14.7 Å². The maximum absolute atomic E-state index is 12.1. The molecule has 0 aliphatic rings. The fourth-order valence-corrected chi connectivity index (χ4v) is 1.79. The molecule has 0 unspecified atom stereocenters. The van der Waals surface area contributed by atoms with Crippen LogP contribution in [-0.2, 0) is 16.0 Å². The number of carbonyl (C=O) groups is 2. The molecule has 0 spiro atoms. The smallest absolute Gasteiger partial charge is 0.323 e. The number of aliphatic carboxylic acids is 1. The number of nitrogens with zero attached hydrogens (tertiary/aromatic N) is 5. The summed E-state index contributed by atoms with van der Waals surface area (Å²) < 4.78 is 1.47. The number of carboxylic acid groups (broad SMARTS) is 1. The minimum absolute atomic E-state index is 0.0468. The van der Waals surface area contributed by atoms with Crippen LogP contribution in [0, 0.1) is 0 Å². The molecular weight excluding hydrogens is 262 g/mol. The molecule has 20 heavy (non-hydrogen) atoms. The van der Waals surface area contributed by atoms with E-state index in [1.165, 1.54) is 9.42 Å². The van der Waals surface area contributed by atoms with E-state index in [0.29, 0.717) is 11.6 Å². The molecule has 1 amide bonds. The minimum atomic E-state index is -1.04. The molecule has 0 saturated carbocycles. The van der Waals surface area contributed by atoms with E-state index in [2.05, 4.69) is 15.1 Å². The fourth-order valence-electron chi connectivity index (χ4n) is 1.79. The number of hydrogen-bond donors (Lipinski definition) is 1. The lowest BCUT2D eigenvalue weighted by molar-refractivity contribution is -0.145. The highest BCUT2D eigenvalue weighted by molar-refractivity contribution is 5.82. The Morgan fingerprint density at radius 3 is 2.80 bits per heavy atom. The molecule has 0 fully saturated rings. The SMILES string of the molecule is CC(C)N(CC(=O)O)C(=O)Cc1nc2ncccn2n1. The van der Waals surface area contributed by atoms with Gasteiger partial charge in [0.25, 0.3) is 5.78 Å². The van der Waals surface area contributed by atoms with Crippen molar-refractivity contribution in [2.24, 2.45) is 0 Å². The molecule has 8 nitrogen and oxygen atoms in total. The van der Waals surface area contributed by atoms with E-state index in [9.17, 15) is 9.59 Å². The van der Waals surface area contributed by atoms with Crippen molar-refractivity contribution in [3.05, 3.63) is 24.3 Å². The van der Waals surface area contributed by atoms with Crippen molar-refractivity contribution in [1.82, 2.24) is 24.5 Å². The maximum Gasteiger partial charge on any atom is 0.323 e. The minimum Gasteiger partial charge on any atom is -0.480 e. The highest BCUT2D eigenvalue weighted by Crippen LogP contribution is 2.04. The monoisotopic (exact) mass is 277 g/mol. The predicted molar refractivity (Wildman–Crippen MR) is 69.0 cm³/mol. The summed E-state index contributed by atoms with van der Waals surface area (Å²) in [6.07, 6.45) is 3.22. The summed E-state index contributed by atoms with van der Waals surface area (Å²) in [4.78, 5) is 32.3. The molecule has 2 rings (SSSR count). The first-order valence-electron chi connectivity index (χ1n) is 6.15. The maximum atomic E-state index is 12.1. The zero-order chi connectivity index (χ0) is 14.7. The van der Waals surface area contributed by atoms with Gasteiger partial charge in [0, 0.05) is 18.4 Å². The third-order valence-corrected chi connectivity index (χ3v) is 2.72. The van der Waals surface area contributed by atoms with Crippen LogP contribution in [0.2, 0.25) is 0 Å². The Balaban J connectivity index is 2.14. The molecular formula is C12H15N5O3. The average Bonchev–Trinajstić information content (AvgIpc) is 2.77. The molecule has 106 valence electrons. The standard InChI is InChI=1S/C12H15N5O3/c1-8(2)16(7-11(19)20)10(18)6-9-14-12-13-4-3-5-17(12)15-9/h3-5,8H,6-7H2,1-2H3,(H,19,20). The molecule has 0 atom stereocenters. The van der Waals surface area contributed by atoms with E-state index in [0.717, 1.165) is 0 Å². The Kier molecular flexibility index (Phi) is 3.92. The first-order valence-corrected chi connectivity index (χ1v) is 6.15. The second kappa shape index (κ2) is 5.64. The third kappa shape index (κ3) is 3.08. The number of fused-ring (bicyclic) bond motifs is 1. The topological polar surface area (TPSA) is 101 Å². The van der Waals surface area contributed by atoms with Crippen molar-refractivity contribution in [2.75, 3.05) is 6.54 Å². The lowest BCUT2D eigenvalue weighted by Crippen LogP contribution is -2.41. The first-order chi connectivity index (χ1) is 9.47. The van der Waals surface area contributed by atoms with Crippen LogP contribution in [0.1, 0.15) is 19.7 Å². The Hall–Kier alpha value is -2.51. The second-order valence-electron chi connectivity index (χ2n) is 4.58. The molecule has 0 aromatic carbocycles. The van der Waals surface area contributed by atoms with Crippen LogP contribution in [-0.4, -0.2) is 54.1 Å². The largest absolute Gasteiger partial charge is 0.480 e. The summed E-state index contributed by atoms with van der Waals surface area (Å²) in [5.41, 5.74) is 0. The summed E-state index contributed by atoms with van der Waals surface area (Å²) in [6, 6.07) is 1.51. The Labute approximate surface area is 115 Å². The van der Waals surface area contributed by atoms with Crippen LogP contribution in [0.5, 0.6) is 0 Å². The van der Waals surface area contributed by atoms with Crippen LogP contribution in [0.3, 0.4) is 0 Å². The third-order valence-electron chi connectivity index (χ3n) is 2.72. The van der Waals surface area contributed by atoms with Crippen LogP contribution < -0.4 is 0 Å². The van der Waals surface area contributed by atoms with Crippen LogP contribution >= 0.6 is 0 Å². The van der Waals surface area contributed by atoms with Crippen molar-refractivity contribution in [1.29, 1.82) is 0 Å². The summed E-state index contributed by atoms with van der Waals surface area (Å²) in [5, 5.41) is 12.9. The molecule has 0 radical (unpaired) electrons. The summed E-state index contributed by atoms with van der Waals surface area (Å²) in [6.45, 7) is 3.20. The Bertz CT molecular complexity index is 604. The van der Waals surface area contributed by atoms with Crippen molar-refractivity contribution in [3.63, 3.8) is 0 Å². The van der Waals surface area contributed by atoms with Gasteiger partial charge in [-0.15, -0.1) is 5.10 Å². The van der Waals surface area contributed by atoms with Gasteiger partial charge in [-0.25, -0.2) is 9.50 Å². The van der Waals surface area contributed by atoms with Gasteiger partial charge in [0.2, 0.25) is 5.91 Å². The van der Waals surface area contributed by atoms with Crippen LogP contribution in [0.25, 0.3) is 5.78 Å². The van der Waals surface area contributed by atoms with E-state index < -0.39 is 5.97 Å². The van der Waals surface area contributed by atoms with Crippen LogP contribution in [0.4, 0.5) is 0 Å². The average molecular weight is 277 g/mol. The molecule has 0 saturated heterocycles. The number of hydrogen-bond acceptors (Lipinski definition) is 5. The van der Waals surface area contributed by atoms with Crippen molar-refractivity contribution in [3.8, 4) is 0 Å². The molecule has 1 N–H and O–H groups in total. The molecule has 0 aliphatic carbocycles. The number of carboxylic acids is 1. The van der Waals surface area contributed by atoms with Gasteiger partial charge in [0.1, 0.15) is 6.54 Å². The van der Waals surface area contributed by atoms with Gasteiger partial charge in [0.15, 0.2) is 5.82 Å². The molecule has 2 heterocycles. The van der Waals surface area contributed by atoms with Gasteiger partial charge in [-0.3, -0.25) is 9.59 Å². The first kappa shape index (κ1) is 13.9. The predicted octanol–water partition coefficient (Wildman–Crippen LogP) is -0.0116. The van der Waals surface area contributed by atoms with E-state index >= 15 is 0 Å². The fraction of sp³-hybridized carbons (Fsp3) is 0.417. The van der Waals surface area contributed by atoms with E-state index in [1.807, 2.05) is 0 Å². The van der Waals surface area contributed by atoms with Crippen molar-refractivity contribution in [2.45, 2.75) is 26.3 Å². The molecule has 0 aliphatic heterocycles. The molecule has 0 bridgehead atoms. The molecule has 8 heteroatoms. The quantitative estimate of drug-likeness (QED) is 0.824. The van der Waals surface area contributed by atoms with Gasteiger partial charge in [0.05, 0.1) is 6.42 Å². The van der Waals surface area contributed by atoms with Gasteiger partial charge in [-0.05, 0) is 19.9 Å². The Morgan fingerprint density at radius 1 is 1.45 bits per heavy atom. The van der Waals surface area contributed by atoms with E-state index in [-0.39, 0.29) is 24.9 Å². The van der Waals surface area contributed by atoms with E-state index in [1.54, 1.807) is 32.3 Å². The summed E-state index contributed by atoms with van der Waals surface area (Å²) >= 11 is 0. The lowest BCUT2D eigenvalue weighted by atomic mass is 10.2. The summed E-state index contributed by atoms with van der Waals surface area (Å²) in [5.74, 6) is -0.635. The number of carbonyl (C=O) groups excluding carboxylic acids is 1. The van der Waals surface area contributed by atoms with Gasteiger partial charge in [-0.1, -0.05) is 0 Å². The second-order valence-corrected chi connectivity index (χ2v) is 4.58. The number of aromatic nitrogens is 4. The van der Waals surface area contributed by atoms with Crippen LogP contribution in [0.15, 0.2) is 18.5 Å².